The van der Waals surface area contributed by atoms with Crippen molar-refractivity contribution in [3.8, 4) is 11.1 Å². The van der Waals surface area contributed by atoms with Crippen LogP contribution in [0.25, 0.3) is 22.1 Å². The number of carbonyl (C=O) groups is 1. The Kier molecular flexibility index (Phi) is 9.18. The van der Waals surface area contributed by atoms with Crippen LogP contribution in [0.2, 0.25) is 0 Å². The molecule has 1 aliphatic heterocycles. The summed E-state index contributed by atoms with van der Waals surface area (Å²) >= 11 is 0. The number of unbranched alkanes of at least 4 members (excludes halogenated alkanes) is 1. The second-order valence-corrected chi connectivity index (χ2v) is 14.5. The lowest BCUT2D eigenvalue weighted by molar-refractivity contribution is -0.696. The third-order valence-corrected chi connectivity index (χ3v) is 8.44. The van der Waals surface area contributed by atoms with Crippen molar-refractivity contribution < 1.29 is 31.5 Å². The van der Waals surface area contributed by atoms with Crippen molar-refractivity contribution in [2.24, 2.45) is 0 Å². The molecule has 3 aromatic rings. The number of hydrogen-bond acceptors (Lipinski definition) is 8. The van der Waals surface area contributed by atoms with Gasteiger partial charge < -0.3 is 18.6 Å². The monoisotopic (exact) mass is 598 g/mol. The maximum Gasteiger partial charge on any atom is 0.344 e. The highest BCUT2D eigenvalue weighted by Gasteiger charge is 2.36. The van der Waals surface area contributed by atoms with Crippen LogP contribution in [0, 0.1) is 0 Å². The van der Waals surface area contributed by atoms with Crippen molar-refractivity contribution in [3.05, 3.63) is 58.7 Å². The van der Waals surface area contributed by atoms with Crippen LogP contribution in [0.3, 0.4) is 0 Å². The number of esters is 1. The molecule has 1 aromatic carbocycles. The molecule has 0 radical (unpaired) electrons. The van der Waals surface area contributed by atoms with Crippen LogP contribution < -0.4 is 15.1 Å². The molecule has 0 spiro atoms. The first kappa shape index (κ1) is 31.7. The Bertz CT molecular complexity index is 1620. The van der Waals surface area contributed by atoms with Gasteiger partial charge in [-0.2, -0.15) is 0 Å². The van der Waals surface area contributed by atoms with Crippen molar-refractivity contribution in [1.29, 1.82) is 0 Å². The van der Waals surface area contributed by atoms with Gasteiger partial charge >= 0.3 is 11.6 Å². The summed E-state index contributed by atoms with van der Waals surface area (Å²) in [6, 6.07) is 9.60. The highest BCUT2D eigenvalue weighted by atomic mass is 32.2. The summed E-state index contributed by atoms with van der Waals surface area (Å²) in [5.74, 6) is -0.308. The molecule has 0 fully saturated rings. The van der Waals surface area contributed by atoms with Gasteiger partial charge in [-0.25, -0.2) is 17.8 Å². The van der Waals surface area contributed by atoms with Crippen LogP contribution in [0.5, 0.6) is 0 Å². The zero-order chi connectivity index (χ0) is 30.9. The summed E-state index contributed by atoms with van der Waals surface area (Å²) in [7, 11) is -4.23. The first-order valence-corrected chi connectivity index (χ1v) is 16.1. The highest BCUT2D eigenvalue weighted by Crippen LogP contribution is 2.45. The predicted molar refractivity (Wildman–Crippen MR) is 161 cm³/mol. The Hall–Kier alpha value is -3.24. The highest BCUT2D eigenvalue weighted by molar-refractivity contribution is 7.85. The molecule has 0 N–H and O–H groups in total. The standard InChI is InChI=1S/C32H42N2O7S/c1-22-20-32(5,6)34(15-10-12-29(35)41-31(2,3)4)27-19-28-24(17-25(22)27)18-26(30(36)40-28)23-11-9-14-33(21-23)13-7-8-16-42(37,38)39/h9,11,14,17-19,21-22H,7-8,10,12-13,15-16,20H2,1-6H3. The third kappa shape index (κ3) is 7.98. The second-order valence-electron chi connectivity index (χ2n) is 13.0. The molecule has 2 aromatic heterocycles. The molecule has 0 aliphatic carbocycles. The van der Waals surface area contributed by atoms with E-state index in [1.54, 1.807) is 0 Å². The Labute approximate surface area is 248 Å². The predicted octanol–water partition coefficient (Wildman–Crippen LogP) is 5.29. The van der Waals surface area contributed by atoms with E-state index >= 15 is 0 Å². The lowest BCUT2D eigenvalue weighted by Crippen LogP contribution is -2.48. The first-order valence-electron chi connectivity index (χ1n) is 14.6. The van der Waals surface area contributed by atoms with Crippen molar-refractivity contribution in [1.82, 2.24) is 0 Å². The number of pyridine rings is 1. The number of aromatic nitrogens is 1. The van der Waals surface area contributed by atoms with Gasteiger partial charge in [-0.15, -0.1) is 0 Å². The molecule has 1 unspecified atom stereocenters. The molecule has 0 bridgehead atoms. The van der Waals surface area contributed by atoms with Gasteiger partial charge in [0.15, 0.2) is 12.4 Å². The van der Waals surface area contributed by atoms with Crippen molar-refractivity contribution in [3.63, 3.8) is 0 Å². The Morgan fingerprint density at radius 1 is 1.19 bits per heavy atom. The third-order valence-electron chi connectivity index (χ3n) is 7.65. The number of anilines is 1. The van der Waals surface area contributed by atoms with Crippen LogP contribution >= 0.6 is 0 Å². The fraction of sp³-hybridized carbons (Fsp3) is 0.531. The Balaban J connectivity index is 1.60. The summed E-state index contributed by atoms with van der Waals surface area (Å²) < 4.78 is 45.8. The van der Waals surface area contributed by atoms with Crippen LogP contribution in [0.15, 0.2) is 51.9 Å². The molecule has 0 saturated carbocycles. The van der Waals surface area contributed by atoms with Crippen LogP contribution in [0.1, 0.15) is 85.1 Å². The first-order chi connectivity index (χ1) is 19.5. The lowest BCUT2D eigenvalue weighted by Gasteiger charge is -2.47. The zero-order valence-corrected chi connectivity index (χ0v) is 26.3. The Morgan fingerprint density at radius 3 is 2.62 bits per heavy atom. The quantitative estimate of drug-likeness (QED) is 0.102. The van der Waals surface area contributed by atoms with E-state index in [2.05, 4.69) is 31.7 Å². The molecule has 1 aliphatic rings. The van der Waals surface area contributed by atoms with Crippen molar-refractivity contribution in [2.75, 3.05) is 17.2 Å². The van der Waals surface area contributed by atoms with Gasteiger partial charge in [-0.3, -0.25) is 4.79 Å². The van der Waals surface area contributed by atoms with Crippen LogP contribution in [-0.4, -0.2) is 42.4 Å². The molecule has 3 heterocycles. The fourth-order valence-corrected chi connectivity index (χ4v) is 6.45. The zero-order valence-electron chi connectivity index (χ0n) is 25.4. The van der Waals surface area contributed by atoms with E-state index in [1.807, 2.05) is 62.0 Å². The lowest BCUT2D eigenvalue weighted by atomic mass is 9.79. The van der Waals surface area contributed by atoms with Crippen LogP contribution in [-0.2, 0) is 26.2 Å². The van der Waals surface area contributed by atoms with E-state index in [1.165, 1.54) is 5.56 Å². The molecule has 0 amide bonds. The number of fused-ring (bicyclic) bond motifs is 2. The van der Waals surface area contributed by atoms with E-state index in [0.29, 0.717) is 49.1 Å². The van der Waals surface area contributed by atoms with E-state index in [9.17, 15) is 22.6 Å². The van der Waals surface area contributed by atoms with Gasteiger partial charge in [0.05, 0.1) is 21.2 Å². The molecular weight excluding hydrogens is 556 g/mol. The average molecular weight is 599 g/mol. The molecule has 4 rings (SSSR count). The number of carbonyl (C=O) groups excluding carboxylic acids is 1. The molecule has 228 valence electrons. The minimum absolute atomic E-state index is 0.149. The van der Waals surface area contributed by atoms with Gasteiger partial charge in [-0.05, 0) is 83.6 Å². The van der Waals surface area contributed by atoms with E-state index < -0.39 is 21.3 Å². The molecule has 0 saturated heterocycles. The molecule has 10 heteroatoms. The summed E-state index contributed by atoms with van der Waals surface area (Å²) in [4.78, 5) is 27.8. The topological polar surface area (TPSA) is 121 Å². The average Bonchev–Trinajstić information content (AvgIpc) is 2.85. The smallest absolute Gasteiger partial charge is 0.344 e. The SMILES string of the molecule is CC1CC(C)(C)N(CCCC(=O)OC(C)(C)C)c2cc3oc(=O)c(-c4ccc[n+](CCCCS(=O)(=O)[O-])c4)cc3cc21. The summed E-state index contributed by atoms with van der Waals surface area (Å²) in [6.45, 7) is 13.4. The van der Waals surface area contributed by atoms with E-state index in [4.69, 9.17) is 9.15 Å². The Morgan fingerprint density at radius 2 is 1.93 bits per heavy atom. The summed E-state index contributed by atoms with van der Waals surface area (Å²) in [5.41, 5.74) is 2.73. The number of rotatable bonds is 10. The second kappa shape index (κ2) is 12.2. The number of benzene rings is 1. The summed E-state index contributed by atoms with van der Waals surface area (Å²) in [5, 5.41) is 0.833. The number of nitrogens with zero attached hydrogens (tertiary/aromatic N) is 2. The maximum absolute atomic E-state index is 13.2. The van der Waals surface area contributed by atoms with Gasteiger partial charge in [0, 0.05) is 53.9 Å². The summed E-state index contributed by atoms with van der Waals surface area (Å²) in [6.07, 6.45) is 6.39. The van der Waals surface area contributed by atoms with E-state index in [-0.39, 0.29) is 29.6 Å². The molecule has 42 heavy (non-hydrogen) atoms. The van der Waals surface area contributed by atoms with Crippen molar-refractivity contribution in [2.45, 2.75) is 97.2 Å². The minimum atomic E-state index is -4.23. The van der Waals surface area contributed by atoms with Gasteiger partial charge in [-0.1, -0.05) is 6.92 Å². The minimum Gasteiger partial charge on any atom is -0.748 e. The number of ether oxygens (including phenoxy) is 1. The maximum atomic E-state index is 13.2. The number of aryl methyl sites for hydroxylation is 1. The molecule has 9 nitrogen and oxygen atoms in total. The molecular formula is C32H42N2O7S. The van der Waals surface area contributed by atoms with Gasteiger partial charge in [0.1, 0.15) is 17.7 Å². The number of hydrogen-bond donors (Lipinski definition) is 0. The largest absolute Gasteiger partial charge is 0.748 e. The molecule has 1 atom stereocenters. The van der Waals surface area contributed by atoms with Crippen molar-refractivity contribution >= 4 is 32.7 Å². The van der Waals surface area contributed by atoms with Crippen LogP contribution in [0.4, 0.5) is 5.69 Å². The van der Waals surface area contributed by atoms with Gasteiger partial charge in [0.2, 0.25) is 0 Å². The van der Waals surface area contributed by atoms with Gasteiger partial charge in [0.25, 0.3) is 0 Å². The normalized spacial score (nSPS) is 16.8. The van der Waals surface area contributed by atoms with E-state index in [0.717, 1.165) is 17.5 Å². The fourth-order valence-electron chi connectivity index (χ4n) is 5.89.